The van der Waals surface area contributed by atoms with Crippen molar-refractivity contribution in [3.63, 3.8) is 0 Å². The van der Waals surface area contributed by atoms with Crippen LogP contribution in [0.5, 0.6) is 5.75 Å². The summed E-state index contributed by atoms with van der Waals surface area (Å²) in [4.78, 5) is 0. The molecule has 100 valence electrons. The van der Waals surface area contributed by atoms with Gasteiger partial charge in [-0.05, 0) is 49.8 Å². The maximum atomic E-state index is 5.34. The van der Waals surface area contributed by atoms with Gasteiger partial charge in [0.15, 0.2) is 0 Å². The lowest BCUT2D eigenvalue weighted by molar-refractivity contribution is 0.403. The molecule has 2 unspecified atom stereocenters. The topological polar surface area (TPSA) is 21.3 Å². The van der Waals surface area contributed by atoms with Gasteiger partial charge < -0.3 is 10.1 Å². The highest BCUT2D eigenvalue weighted by Crippen LogP contribution is 2.46. The molecule has 2 nitrogen and oxygen atoms in total. The minimum Gasteiger partial charge on any atom is -0.497 e. The molecule has 2 rings (SSSR count). The number of benzene rings is 1. The normalized spacial score (nSPS) is 25.1. The van der Waals surface area contributed by atoms with Gasteiger partial charge in [0.05, 0.1) is 7.11 Å². The lowest BCUT2D eigenvalue weighted by Gasteiger charge is -2.34. The third-order valence-corrected chi connectivity index (χ3v) is 5.29. The van der Waals surface area contributed by atoms with Crippen LogP contribution in [0.3, 0.4) is 0 Å². The van der Waals surface area contributed by atoms with Gasteiger partial charge in [0, 0.05) is 10.8 Å². The van der Waals surface area contributed by atoms with Crippen molar-refractivity contribution in [2.75, 3.05) is 19.4 Å². The molecule has 2 atom stereocenters. The Bertz CT molecular complexity index is 388. The van der Waals surface area contributed by atoms with Gasteiger partial charge in [-0.15, -0.1) is 0 Å². The van der Waals surface area contributed by atoms with Gasteiger partial charge in [0.2, 0.25) is 0 Å². The van der Waals surface area contributed by atoms with Crippen LogP contribution in [0.1, 0.15) is 38.3 Å². The standard InChI is InChI=1S/C15H23NOS/c1-4-16-14(15(2)9-6-10-18-15)12-7-5-8-13(11-12)17-3/h5,7-8,11,14,16H,4,6,9-10H2,1-3H3. The predicted molar refractivity (Wildman–Crippen MR) is 79.5 cm³/mol. The van der Waals surface area contributed by atoms with Crippen LogP contribution in [0.2, 0.25) is 0 Å². The van der Waals surface area contributed by atoms with Crippen LogP contribution < -0.4 is 10.1 Å². The monoisotopic (exact) mass is 265 g/mol. The Balaban J connectivity index is 2.28. The van der Waals surface area contributed by atoms with Gasteiger partial charge in [0.25, 0.3) is 0 Å². The Morgan fingerprint density at radius 2 is 2.33 bits per heavy atom. The van der Waals surface area contributed by atoms with Crippen LogP contribution in [-0.2, 0) is 0 Å². The maximum Gasteiger partial charge on any atom is 0.119 e. The Morgan fingerprint density at radius 1 is 1.50 bits per heavy atom. The van der Waals surface area contributed by atoms with Gasteiger partial charge in [-0.25, -0.2) is 0 Å². The molecule has 3 heteroatoms. The van der Waals surface area contributed by atoms with E-state index in [9.17, 15) is 0 Å². The van der Waals surface area contributed by atoms with Gasteiger partial charge in [-0.3, -0.25) is 0 Å². The first-order chi connectivity index (χ1) is 8.69. The SMILES string of the molecule is CCNC(c1cccc(OC)c1)C1(C)CCCS1. The summed E-state index contributed by atoms with van der Waals surface area (Å²) in [6.45, 7) is 5.56. The lowest BCUT2D eigenvalue weighted by atomic mass is 9.90. The molecule has 1 aliphatic heterocycles. The van der Waals surface area contributed by atoms with E-state index in [0.29, 0.717) is 10.8 Å². The smallest absolute Gasteiger partial charge is 0.119 e. The van der Waals surface area contributed by atoms with E-state index in [4.69, 9.17) is 4.74 Å². The summed E-state index contributed by atoms with van der Waals surface area (Å²) < 4.78 is 5.65. The fraction of sp³-hybridized carbons (Fsp3) is 0.600. The molecule has 1 fully saturated rings. The second kappa shape index (κ2) is 5.98. The maximum absolute atomic E-state index is 5.34. The molecule has 0 spiro atoms. The second-order valence-electron chi connectivity index (χ2n) is 5.03. The molecule has 0 bridgehead atoms. The van der Waals surface area contributed by atoms with Crippen molar-refractivity contribution in [1.29, 1.82) is 0 Å². The van der Waals surface area contributed by atoms with E-state index < -0.39 is 0 Å². The van der Waals surface area contributed by atoms with Crippen molar-refractivity contribution in [2.24, 2.45) is 0 Å². The zero-order chi connectivity index (χ0) is 13.0. The molecule has 1 saturated heterocycles. The highest BCUT2D eigenvalue weighted by molar-refractivity contribution is 8.00. The summed E-state index contributed by atoms with van der Waals surface area (Å²) in [6.07, 6.45) is 2.61. The highest BCUT2D eigenvalue weighted by atomic mass is 32.2. The summed E-state index contributed by atoms with van der Waals surface area (Å²) in [5.74, 6) is 2.23. The average Bonchev–Trinajstić information content (AvgIpc) is 2.84. The van der Waals surface area contributed by atoms with E-state index in [-0.39, 0.29) is 0 Å². The van der Waals surface area contributed by atoms with E-state index in [0.717, 1.165) is 12.3 Å². The van der Waals surface area contributed by atoms with Gasteiger partial charge >= 0.3 is 0 Å². The molecule has 0 radical (unpaired) electrons. The molecule has 1 aromatic rings. The number of methoxy groups -OCH3 is 1. The Hall–Kier alpha value is -0.670. The van der Waals surface area contributed by atoms with Crippen LogP contribution >= 0.6 is 11.8 Å². The van der Waals surface area contributed by atoms with Crippen LogP contribution in [-0.4, -0.2) is 24.2 Å². The van der Waals surface area contributed by atoms with Gasteiger partial charge in [0.1, 0.15) is 5.75 Å². The third kappa shape index (κ3) is 2.83. The molecule has 1 N–H and O–H groups in total. The Labute approximate surface area is 114 Å². The first-order valence-corrected chi connectivity index (χ1v) is 7.69. The lowest BCUT2D eigenvalue weighted by Crippen LogP contribution is -2.37. The molecule has 0 aliphatic carbocycles. The summed E-state index contributed by atoms with van der Waals surface area (Å²) in [5, 5.41) is 3.66. The zero-order valence-electron chi connectivity index (χ0n) is 11.5. The van der Waals surface area contributed by atoms with E-state index in [1.807, 2.05) is 6.07 Å². The first-order valence-electron chi connectivity index (χ1n) is 6.71. The summed E-state index contributed by atoms with van der Waals surface area (Å²) in [7, 11) is 1.73. The molecule has 0 aromatic heterocycles. The van der Waals surface area contributed by atoms with E-state index in [1.165, 1.54) is 24.2 Å². The molecule has 1 aliphatic rings. The predicted octanol–water partition coefficient (Wildman–Crippen LogP) is 3.63. The van der Waals surface area contributed by atoms with Crippen LogP contribution in [0, 0.1) is 0 Å². The number of rotatable bonds is 5. The fourth-order valence-corrected chi connectivity index (χ4v) is 4.17. The van der Waals surface area contributed by atoms with Crippen LogP contribution in [0.4, 0.5) is 0 Å². The Kier molecular flexibility index (Phi) is 4.57. The van der Waals surface area contributed by atoms with Crippen molar-refractivity contribution in [1.82, 2.24) is 5.32 Å². The van der Waals surface area contributed by atoms with Crippen molar-refractivity contribution in [3.8, 4) is 5.75 Å². The highest BCUT2D eigenvalue weighted by Gasteiger charge is 2.38. The minimum absolute atomic E-state index is 0.308. The molecular formula is C15H23NOS. The third-order valence-electron chi connectivity index (χ3n) is 3.70. The van der Waals surface area contributed by atoms with Crippen molar-refractivity contribution >= 4 is 11.8 Å². The molecule has 1 heterocycles. The largest absolute Gasteiger partial charge is 0.497 e. The Morgan fingerprint density at radius 3 is 2.94 bits per heavy atom. The summed E-state index contributed by atoms with van der Waals surface area (Å²) in [6, 6.07) is 8.88. The summed E-state index contributed by atoms with van der Waals surface area (Å²) >= 11 is 2.10. The molecular weight excluding hydrogens is 242 g/mol. The zero-order valence-corrected chi connectivity index (χ0v) is 12.3. The van der Waals surface area contributed by atoms with Crippen molar-refractivity contribution in [2.45, 2.75) is 37.5 Å². The van der Waals surface area contributed by atoms with Crippen LogP contribution in [0.25, 0.3) is 0 Å². The van der Waals surface area contributed by atoms with Gasteiger partial charge in [-0.2, -0.15) is 11.8 Å². The molecule has 1 aromatic carbocycles. The quantitative estimate of drug-likeness (QED) is 0.878. The van der Waals surface area contributed by atoms with E-state index in [1.54, 1.807) is 7.11 Å². The molecule has 18 heavy (non-hydrogen) atoms. The average molecular weight is 265 g/mol. The van der Waals surface area contributed by atoms with E-state index >= 15 is 0 Å². The number of thioether (sulfide) groups is 1. The number of nitrogens with one attached hydrogen (secondary N) is 1. The minimum atomic E-state index is 0.308. The number of ether oxygens (including phenoxy) is 1. The summed E-state index contributed by atoms with van der Waals surface area (Å²) in [5.41, 5.74) is 1.34. The molecule has 0 amide bonds. The second-order valence-corrected chi connectivity index (χ2v) is 6.66. The first kappa shape index (κ1) is 13.8. The van der Waals surface area contributed by atoms with Gasteiger partial charge in [-0.1, -0.05) is 19.1 Å². The van der Waals surface area contributed by atoms with Crippen molar-refractivity contribution < 1.29 is 4.74 Å². The fourth-order valence-electron chi connectivity index (χ4n) is 2.74. The molecule has 0 saturated carbocycles. The van der Waals surface area contributed by atoms with Crippen LogP contribution in [0.15, 0.2) is 24.3 Å². The van der Waals surface area contributed by atoms with Crippen molar-refractivity contribution in [3.05, 3.63) is 29.8 Å². The number of hydrogen-bond donors (Lipinski definition) is 1. The van der Waals surface area contributed by atoms with E-state index in [2.05, 4.69) is 49.1 Å². The number of hydrogen-bond acceptors (Lipinski definition) is 3.